The van der Waals surface area contributed by atoms with Crippen LogP contribution in [0.2, 0.25) is 5.02 Å². The number of benzene rings is 1. The lowest BCUT2D eigenvalue weighted by Crippen LogP contribution is -2.24. The molecule has 1 unspecified atom stereocenters. The first-order chi connectivity index (χ1) is 7.09. The lowest BCUT2D eigenvalue weighted by molar-refractivity contribution is 0.524. The molecule has 0 saturated heterocycles. The monoisotopic (exact) mass is 243 g/mol. The van der Waals surface area contributed by atoms with Gasteiger partial charge in [0.1, 0.15) is 0 Å². The second kappa shape index (κ2) is 6.41. The number of rotatable bonds is 5. The van der Waals surface area contributed by atoms with Gasteiger partial charge in [-0.25, -0.2) is 0 Å². The largest absolute Gasteiger partial charge is 0.327 e. The summed E-state index contributed by atoms with van der Waals surface area (Å²) in [6.45, 7) is 4.39. The molecule has 0 bridgehead atoms. The third-order valence-corrected chi connectivity index (χ3v) is 3.77. The minimum atomic E-state index is 0.256. The highest BCUT2D eigenvalue weighted by atomic mass is 35.5. The fourth-order valence-electron chi connectivity index (χ4n) is 1.43. The molecule has 0 saturated carbocycles. The third-order valence-electron chi connectivity index (χ3n) is 2.06. The van der Waals surface area contributed by atoms with Crippen LogP contribution in [0.1, 0.15) is 20.3 Å². The van der Waals surface area contributed by atoms with Crippen LogP contribution < -0.4 is 5.73 Å². The highest BCUT2D eigenvalue weighted by Crippen LogP contribution is 2.27. The van der Waals surface area contributed by atoms with Crippen molar-refractivity contribution in [1.82, 2.24) is 0 Å². The molecule has 2 N–H and O–H groups in total. The van der Waals surface area contributed by atoms with Crippen molar-refractivity contribution < 1.29 is 0 Å². The standard InChI is InChI=1S/C12H18ClNS/c1-9(2)7-10(14)8-15-12-6-4-3-5-11(12)13/h3-6,9-10H,7-8,14H2,1-2H3. The van der Waals surface area contributed by atoms with E-state index in [0.717, 1.165) is 22.1 Å². The molecular formula is C12H18ClNS. The van der Waals surface area contributed by atoms with Crippen molar-refractivity contribution in [3.63, 3.8) is 0 Å². The first kappa shape index (κ1) is 12.9. The van der Waals surface area contributed by atoms with Gasteiger partial charge in [0.2, 0.25) is 0 Å². The van der Waals surface area contributed by atoms with Crippen molar-refractivity contribution in [2.45, 2.75) is 31.2 Å². The van der Waals surface area contributed by atoms with Gasteiger partial charge >= 0.3 is 0 Å². The van der Waals surface area contributed by atoms with E-state index in [4.69, 9.17) is 17.3 Å². The molecule has 1 aromatic rings. The molecular weight excluding hydrogens is 226 g/mol. The van der Waals surface area contributed by atoms with Crippen LogP contribution in [0.5, 0.6) is 0 Å². The molecule has 1 rings (SSSR count). The molecule has 0 heterocycles. The second-order valence-corrected chi connectivity index (χ2v) is 5.60. The van der Waals surface area contributed by atoms with E-state index in [9.17, 15) is 0 Å². The normalized spacial score (nSPS) is 13.1. The number of hydrogen-bond acceptors (Lipinski definition) is 2. The lowest BCUT2D eigenvalue weighted by Gasteiger charge is -2.13. The van der Waals surface area contributed by atoms with Crippen LogP contribution in [0.15, 0.2) is 29.2 Å². The van der Waals surface area contributed by atoms with Gasteiger partial charge in [-0.05, 0) is 24.5 Å². The Morgan fingerprint density at radius 2 is 2.00 bits per heavy atom. The van der Waals surface area contributed by atoms with Crippen molar-refractivity contribution in [2.24, 2.45) is 11.7 Å². The number of nitrogens with two attached hydrogens (primary N) is 1. The average molecular weight is 244 g/mol. The Balaban J connectivity index is 2.40. The molecule has 0 aliphatic rings. The zero-order valence-corrected chi connectivity index (χ0v) is 10.8. The van der Waals surface area contributed by atoms with Crippen molar-refractivity contribution in [2.75, 3.05) is 5.75 Å². The van der Waals surface area contributed by atoms with E-state index in [1.807, 2.05) is 24.3 Å². The van der Waals surface area contributed by atoms with Crippen LogP contribution in [-0.4, -0.2) is 11.8 Å². The smallest absolute Gasteiger partial charge is 0.0541 e. The summed E-state index contributed by atoms with van der Waals surface area (Å²) in [7, 11) is 0. The second-order valence-electron chi connectivity index (χ2n) is 4.13. The van der Waals surface area contributed by atoms with Gasteiger partial charge in [-0.15, -0.1) is 11.8 Å². The molecule has 15 heavy (non-hydrogen) atoms. The van der Waals surface area contributed by atoms with Gasteiger partial charge in [-0.3, -0.25) is 0 Å². The maximum absolute atomic E-state index is 6.05. The van der Waals surface area contributed by atoms with Gasteiger partial charge in [0.05, 0.1) is 5.02 Å². The fourth-order valence-corrected chi connectivity index (χ4v) is 2.64. The summed E-state index contributed by atoms with van der Waals surface area (Å²) in [5.74, 6) is 1.59. The zero-order valence-electron chi connectivity index (χ0n) is 9.24. The molecule has 0 spiro atoms. The Kier molecular flexibility index (Phi) is 5.51. The Bertz CT molecular complexity index is 301. The number of halogens is 1. The van der Waals surface area contributed by atoms with E-state index >= 15 is 0 Å². The van der Waals surface area contributed by atoms with E-state index in [0.29, 0.717) is 5.92 Å². The van der Waals surface area contributed by atoms with Gasteiger partial charge in [-0.2, -0.15) is 0 Å². The van der Waals surface area contributed by atoms with Gasteiger partial charge < -0.3 is 5.73 Å². The number of thioether (sulfide) groups is 1. The van der Waals surface area contributed by atoms with Crippen molar-refractivity contribution in [3.05, 3.63) is 29.3 Å². The minimum Gasteiger partial charge on any atom is -0.327 e. The molecule has 1 atom stereocenters. The highest BCUT2D eigenvalue weighted by Gasteiger charge is 2.07. The quantitative estimate of drug-likeness (QED) is 0.796. The Labute approximate surface area is 101 Å². The van der Waals surface area contributed by atoms with Crippen LogP contribution >= 0.6 is 23.4 Å². The Morgan fingerprint density at radius 3 is 2.60 bits per heavy atom. The first-order valence-electron chi connectivity index (χ1n) is 5.22. The molecule has 1 nitrogen and oxygen atoms in total. The lowest BCUT2D eigenvalue weighted by atomic mass is 10.1. The predicted octanol–water partition coefficient (Wildman–Crippen LogP) is 3.81. The molecule has 84 valence electrons. The summed E-state index contributed by atoms with van der Waals surface area (Å²) in [5.41, 5.74) is 6.01. The van der Waals surface area contributed by atoms with E-state index in [-0.39, 0.29) is 6.04 Å². The van der Waals surface area contributed by atoms with Gasteiger partial charge in [0, 0.05) is 16.7 Å². The molecule has 0 fully saturated rings. The summed E-state index contributed by atoms with van der Waals surface area (Å²) in [4.78, 5) is 1.12. The first-order valence-corrected chi connectivity index (χ1v) is 6.59. The molecule has 1 aromatic carbocycles. The van der Waals surface area contributed by atoms with Gasteiger partial charge in [0.15, 0.2) is 0 Å². The van der Waals surface area contributed by atoms with Crippen LogP contribution in [0, 0.1) is 5.92 Å². The molecule has 3 heteroatoms. The van der Waals surface area contributed by atoms with Gasteiger partial charge in [-0.1, -0.05) is 37.6 Å². The van der Waals surface area contributed by atoms with E-state index in [1.54, 1.807) is 11.8 Å². The third kappa shape index (κ3) is 4.92. The van der Waals surface area contributed by atoms with Crippen LogP contribution in [0.4, 0.5) is 0 Å². The topological polar surface area (TPSA) is 26.0 Å². The summed E-state index contributed by atoms with van der Waals surface area (Å²) in [6, 6.07) is 8.15. The zero-order chi connectivity index (χ0) is 11.3. The maximum Gasteiger partial charge on any atom is 0.0541 e. The van der Waals surface area contributed by atoms with E-state index in [1.165, 1.54) is 0 Å². The predicted molar refractivity (Wildman–Crippen MR) is 69.6 cm³/mol. The Hall–Kier alpha value is -0.180. The molecule has 0 aliphatic heterocycles. The SMILES string of the molecule is CC(C)CC(N)CSc1ccccc1Cl. The van der Waals surface area contributed by atoms with Gasteiger partial charge in [0.25, 0.3) is 0 Å². The highest BCUT2D eigenvalue weighted by molar-refractivity contribution is 7.99. The van der Waals surface area contributed by atoms with Crippen molar-refractivity contribution in [1.29, 1.82) is 0 Å². The fraction of sp³-hybridized carbons (Fsp3) is 0.500. The average Bonchev–Trinajstić information content (AvgIpc) is 2.15. The molecule has 0 aromatic heterocycles. The molecule has 0 radical (unpaired) electrons. The Morgan fingerprint density at radius 1 is 1.33 bits per heavy atom. The maximum atomic E-state index is 6.05. The van der Waals surface area contributed by atoms with E-state index < -0.39 is 0 Å². The van der Waals surface area contributed by atoms with Crippen LogP contribution in [0.25, 0.3) is 0 Å². The molecule has 0 aliphatic carbocycles. The van der Waals surface area contributed by atoms with E-state index in [2.05, 4.69) is 13.8 Å². The van der Waals surface area contributed by atoms with Crippen LogP contribution in [-0.2, 0) is 0 Å². The summed E-state index contributed by atoms with van der Waals surface area (Å²) in [6.07, 6.45) is 1.07. The van der Waals surface area contributed by atoms with Crippen molar-refractivity contribution >= 4 is 23.4 Å². The molecule has 0 amide bonds. The summed E-state index contributed by atoms with van der Waals surface area (Å²) < 4.78 is 0. The van der Waals surface area contributed by atoms with Crippen LogP contribution in [0.3, 0.4) is 0 Å². The van der Waals surface area contributed by atoms with Crippen molar-refractivity contribution in [3.8, 4) is 0 Å². The number of hydrogen-bond donors (Lipinski definition) is 1. The summed E-state index contributed by atoms with van der Waals surface area (Å²) >= 11 is 7.79. The summed E-state index contributed by atoms with van der Waals surface area (Å²) in [5, 5.41) is 0.819. The minimum absolute atomic E-state index is 0.256.